The van der Waals surface area contributed by atoms with E-state index in [0.717, 1.165) is 25.3 Å². The molecule has 0 aliphatic heterocycles. The molecule has 1 aromatic rings. The van der Waals surface area contributed by atoms with Crippen LogP contribution in [0.3, 0.4) is 0 Å². The van der Waals surface area contributed by atoms with Crippen LogP contribution in [0.15, 0.2) is 4.47 Å². The Hall–Kier alpha value is -0.350. The van der Waals surface area contributed by atoms with Crippen molar-refractivity contribution in [3.8, 4) is 0 Å². The lowest BCUT2D eigenvalue weighted by Gasteiger charge is -2.26. The Morgan fingerprint density at radius 2 is 2.00 bits per heavy atom. The fourth-order valence-electron chi connectivity index (χ4n) is 3.52. The van der Waals surface area contributed by atoms with E-state index in [4.69, 9.17) is 0 Å². The van der Waals surface area contributed by atoms with E-state index in [2.05, 4.69) is 51.9 Å². The van der Waals surface area contributed by atoms with Gasteiger partial charge in [0.15, 0.2) is 0 Å². The third kappa shape index (κ3) is 4.32. The Morgan fingerprint density at radius 1 is 1.24 bits per heavy atom. The Morgan fingerprint density at radius 3 is 2.67 bits per heavy atom. The van der Waals surface area contributed by atoms with Crippen LogP contribution in [0.1, 0.15) is 63.8 Å². The van der Waals surface area contributed by atoms with Gasteiger partial charge in [-0.05, 0) is 60.5 Å². The Balaban J connectivity index is 2.12. The monoisotopic (exact) mass is 355 g/mol. The highest BCUT2D eigenvalue weighted by Crippen LogP contribution is 2.30. The lowest BCUT2D eigenvalue weighted by molar-refractivity contribution is 0.327. The Bertz CT molecular complexity index is 441. The van der Waals surface area contributed by atoms with E-state index in [1.54, 1.807) is 0 Å². The van der Waals surface area contributed by atoms with Crippen molar-refractivity contribution in [2.24, 2.45) is 13.0 Å². The summed E-state index contributed by atoms with van der Waals surface area (Å²) >= 11 is 3.78. The summed E-state index contributed by atoms with van der Waals surface area (Å²) in [5.41, 5.74) is 2.57. The molecule has 21 heavy (non-hydrogen) atoms. The molecule has 1 N–H and O–H groups in total. The van der Waals surface area contributed by atoms with Crippen LogP contribution in [-0.2, 0) is 19.9 Å². The summed E-state index contributed by atoms with van der Waals surface area (Å²) in [5, 5.41) is 8.45. The van der Waals surface area contributed by atoms with Crippen molar-refractivity contribution in [1.29, 1.82) is 0 Å². The number of rotatable bonds is 6. The van der Waals surface area contributed by atoms with E-state index in [1.165, 1.54) is 54.4 Å². The standard InChI is InChI=1S/C17H30BrN3/c1-4-11-19-15-10-8-6-7-9-13(15)12-16-17(18)14(5-2)20-21(16)3/h13,15,19H,4-12H2,1-3H3. The topological polar surface area (TPSA) is 29.9 Å². The number of hydrogen-bond donors (Lipinski definition) is 1. The van der Waals surface area contributed by atoms with E-state index in [1.807, 2.05) is 0 Å². The molecule has 1 fully saturated rings. The summed E-state index contributed by atoms with van der Waals surface area (Å²) in [6.07, 6.45) is 10.2. The first-order chi connectivity index (χ1) is 10.2. The summed E-state index contributed by atoms with van der Waals surface area (Å²) in [6, 6.07) is 0.680. The van der Waals surface area contributed by atoms with Crippen LogP contribution in [0.25, 0.3) is 0 Å². The molecule has 0 spiro atoms. The van der Waals surface area contributed by atoms with Crippen LogP contribution in [-0.4, -0.2) is 22.4 Å². The highest BCUT2D eigenvalue weighted by molar-refractivity contribution is 9.10. The number of nitrogens with zero attached hydrogens (tertiary/aromatic N) is 2. The van der Waals surface area contributed by atoms with Gasteiger partial charge in [0.05, 0.1) is 15.9 Å². The first kappa shape index (κ1) is 17.0. The van der Waals surface area contributed by atoms with Crippen molar-refractivity contribution in [2.45, 2.75) is 71.3 Å². The molecular formula is C17H30BrN3. The molecule has 0 radical (unpaired) electrons. The zero-order valence-corrected chi connectivity index (χ0v) is 15.4. The van der Waals surface area contributed by atoms with Crippen molar-refractivity contribution in [2.75, 3.05) is 6.54 Å². The third-order valence-corrected chi connectivity index (χ3v) is 5.69. The predicted molar refractivity (Wildman–Crippen MR) is 92.6 cm³/mol. The van der Waals surface area contributed by atoms with Gasteiger partial charge in [0.1, 0.15) is 0 Å². The highest BCUT2D eigenvalue weighted by atomic mass is 79.9. The van der Waals surface area contributed by atoms with Crippen LogP contribution in [0, 0.1) is 5.92 Å². The van der Waals surface area contributed by atoms with Crippen molar-refractivity contribution in [1.82, 2.24) is 15.1 Å². The normalized spacial score (nSPS) is 23.2. The minimum absolute atomic E-state index is 0.680. The van der Waals surface area contributed by atoms with Gasteiger partial charge < -0.3 is 5.32 Å². The second-order valence-electron chi connectivity index (χ2n) is 6.35. The average molecular weight is 356 g/mol. The molecule has 4 heteroatoms. The first-order valence-corrected chi connectivity index (χ1v) is 9.40. The van der Waals surface area contributed by atoms with Crippen LogP contribution in [0.4, 0.5) is 0 Å². The first-order valence-electron chi connectivity index (χ1n) is 8.61. The third-order valence-electron chi connectivity index (χ3n) is 4.77. The van der Waals surface area contributed by atoms with Crippen LogP contribution in [0.2, 0.25) is 0 Å². The molecule has 1 aliphatic carbocycles. The molecular weight excluding hydrogens is 326 g/mol. The molecule has 0 aromatic carbocycles. The second-order valence-corrected chi connectivity index (χ2v) is 7.14. The van der Waals surface area contributed by atoms with Crippen LogP contribution in [0.5, 0.6) is 0 Å². The smallest absolute Gasteiger partial charge is 0.0766 e. The molecule has 1 saturated carbocycles. The SMILES string of the molecule is CCCNC1CCCCCC1Cc1c(Br)c(CC)nn1C. The molecule has 2 unspecified atom stereocenters. The van der Waals surface area contributed by atoms with Crippen molar-refractivity contribution in [3.05, 3.63) is 15.9 Å². The summed E-state index contributed by atoms with van der Waals surface area (Å²) < 4.78 is 3.33. The van der Waals surface area contributed by atoms with E-state index in [-0.39, 0.29) is 0 Å². The molecule has 120 valence electrons. The van der Waals surface area contributed by atoms with E-state index in [0.29, 0.717) is 6.04 Å². The Labute approximate surface area is 138 Å². The van der Waals surface area contributed by atoms with E-state index < -0.39 is 0 Å². The Kier molecular flexibility index (Phi) is 6.74. The maximum absolute atomic E-state index is 4.65. The molecule has 1 aromatic heterocycles. The summed E-state index contributed by atoms with van der Waals surface area (Å²) in [4.78, 5) is 0. The number of nitrogens with one attached hydrogen (secondary N) is 1. The zero-order chi connectivity index (χ0) is 15.2. The maximum atomic E-state index is 4.65. The van der Waals surface area contributed by atoms with Gasteiger partial charge >= 0.3 is 0 Å². The predicted octanol–water partition coefficient (Wildman–Crippen LogP) is 4.24. The number of aromatic nitrogens is 2. The average Bonchev–Trinajstić information content (AvgIpc) is 2.66. The lowest BCUT2D eigenvalue weighted by Crippen LogP contribution is -2.37. The molecule has 1 heterocycles. The lowest BCUT2D eigenvalue weighted by atomic mass is 9.90. The van der Waals surface area contributed by atoms with Gasteiger partial charge in [-0.3, -0.25) is 4.68 Å². The molecule has 1 aliphatic rings. The summed E-state index contributed by atoms with van der Waals surface area (Å²) in [6.45, 7) is 5.58. The largest absolute Gasteiger partial charge is 0.314 e. The van der Waals surface area contributed by atoms with E-state index >= 15 is 0 Å². The quantitative estimate of drug-likeness (QED) is 0.773. The summed E-state index contributed by atoms with van der Waals surface area (Å²) in [7, 11) is 2.09. The number of halogens is 1. The van der Waals surface area contributed by atoms with Gasteiger partial charge in [-0.2, -0.15) is 5.10 Å². The van der Waals surface area contributed by atoms with Gasteiger partial charge in [-0.15, -0.1) is 0 Å². The molecule has 0 saturated heterocycles. The van der Waals surface area contributed by atoms with Crippen molar-refractivity contribution >= 4 is 15.9 Å². The zero-order valence-electron chi connectivity index (χ0n) is 13.8. The van der Waals surface area contributed by atoms with Crippen molar-refractivity contribution < 1.29 is 0 Å². The molecule has 0 amide bonds. The van der Waals surface area contributed by atoms with Gasteiger partial charge in [0, 0.05) is 13.1 Å². The van der Waals surface area contributed by atoms with Gasteiger partial charge in [-0.1, -0.05) is 33.1 Å². The van der Waals surface area contributed by atoms with Crippen LogP contribution < -0.4 is 5.32 Å². The van der Waals surface area contributed by atoms with E-state index in [9.17, 15) is 0 Å². The maximum Gasteiger partial charge on any atom is 0.0766 e. The minimum Gasteiger partial charge on any atom is -0.314 e. The number of hydrogen-bond acceptors (Lipinski definition) is 2. The fraction of sp³-hybridized carbons (Fsp3) is 0.824. The molecule has 2 atom stereocenters. The second kappa shape index (κ2) is 8.33. The highest BCUT2D eigenvalue weighted by Gasteiger charge is 2.26. The van der Waals surface area contributed by atoms with Crippen LogP contribution >= 0.6 is 15.9 Å². The van der Waals surface area contributed by atoms with Gasteiger partial charge in [0.25, 0.3) is 0 Å². The van der Waals surface area contributed by atoms with Gasteiger partial charge in [-0.25, -0.2) is 0 Å². The number of aryl methyl sites for hydroxylation is 2. The molecule has 2 rings (SSSR count). The molecule has 0 bridgehead atoms. The minimum atomic E-state index is 0.680. The fourth-order valence-corrected chi connectivity index (χ4v) is 4.30. The summed E-state index contributed by atoms with van der Waals surface area (Å²) in [5.74, 6) is 0.746. The molecule has 3 nitrogen and oxygen atoms in total. The van der Waals surface area contributed by atoms with Crippen molar-refractivity contribution in [3.63, 3.8) is 0 Å². The van der Waals surface area contributed by atoms with Gasteiger partial charge in [0.2, 0.25) is 0 Å².